The molecule has 2 rings (SSSR count). The predicted molar refractivity (Wildman–Crippen MR) is 86.1 cm³/mol. The van der Waals surface area contributed by atoms with E-state index in [1.807, 2.05) is 30.3 Å². The summed E-state index contributed by atoms with van der Waals surface area (Å²) in [5.41, 5.74) is 1.29. The highest BCUT2D eigenvalue weighted by Crippen LogP contribution is 2.28. The Bertz CT molecular complexity index is 639. The van der Waals surface area contributed by atoms with E-state index in [1.54, 1.807) is 18.2 Å². The summed E-state index contributed by atoms with van der Waals surface area (Å²) in [5, 5.41) is 9.49. The van der Waals surface area contributed by atoms with Gasteiger partial charge in [-0.2, -0.15) is 0 Å². The van der Waals surface area contributed by atoms with Crippen LogP contribution in [0.5, 0.6) is 11.5 Å². The quantitative estimate of drug-likeness (QED) is 0.796. The Morgan fingerprint density at radius 3 is 2.35 bits per heavy atom. The molecule has 0 saturated heterocycles. The predicted octanol–water partition coefficient (Wildman–Crippen LogP) is 2.64. The highest BCUT2D eigenvalue weighted by molar-refractivity contribution is 5.90. The van der Waals surface area contributed by atoms with Crippen LogP contribution in [0.4, 0.5) is 0 Å². The smallest absolute Gasteiger partial charge is 0.338 e. The topological polar surface area (TPSA) is 65.0 Å². The highest BCUT2D eigenvalue weighted by Gasteiger charge is 2.16. The maximum atomic E-state index is 12.2. The number of carbonyl (C=O) groups excluding carboxylic acids is 1. The Morgan fingerprint density at radius 2 is 1.74 bits per heavy atom. The van der Waals surface area contributed by atoms with E-state index < -0.39 is 5.97 Å². The van der Waals surface area contributed by atoms with Gasteiger partial charge in [0.2, 0.25) is 0 Å². The lowest BCUT2D eigenvalue weighted by molar-refractivity contribution is 0.0450. The van der Waals surface area contributed by atoms with E-state index in [1.165, 1.54) is 14.2 Å². The first-order valence-electron chi connectivity index (χ1n) is 7.24. The van der Waals surface area contributed by atoms with Crippen molar-refractivity contribution >= 4 is 5.97 Å². The number of aliphatic hydroxyl groups is 1. The summed E-state index contributed by atoms with van der Waals surface area (Å²) in [5.74, 6) is 0.283. The van der Waals surface area contributed by atoms with Crippen molar-refractivity contribution < 1.29 is 24.1 Å². The first-order valence-corrected chi connectivity index (χ1v) is 7.24. The van der Waals surface area contributed by atoms with Crippen molar-refractivity contribution in [2.24, 2.45) is 0 Å². The van der Waals surface area contributed by atoms with Crippen LogP contribution in [0.1, 0.15) is 21.8 Å². The molecule has 0 aliphatic rings. The fraction of sp³-hybridized carbons (Fsp3) is 0.278. The van der Waals surface area contributed by atoms with Crippen molar-refractivity contribution in [3.63, 3.8) is 0 Å². The summed E-state index contributed by atoms with van der Waals surface area (Å²) >= 11 is 0. The van der Waals surface area contributed by atoms with Gasteiger partial charge in [0.25, 0.3) is 0 Å². The number of hydrogen-bond acceptors (Lipinski definition) is 5. The summed E-state index contributed by atoms with van der Waals surface area (Å²) in [7, 11) is 3.03. The van der Waals surface area contributed by atoms with Gasteiger partial charge in [-0.15, -0.1) is 0 Å². The maximum Gasteiger partial charge on any atom is 0.338 e. The van der Waals surface area contributed by atoms with Gasteiger partial charge < -0.3 is 19.3 Å². The van der Waals surface area contributed by atoms with Gasteiger partial charge in [0.05, 0.1) is 26.4 Å². The van der Waals surface area contributed by atoms with E-state index in [-0.39, 0.29) is 19.1 Å². The summed E-state index contributed by atoms with van der Waals surface area (Å²) in [6, 6.07) is 14.3. The molecular weight excluding hydrogens is 296 g/mol. The molecule has 0 radical (unpaired) electrons. The Balaban J connectivity index is 2.04. The van der Waals surface area contributed by atoms with Crippen LogP contribution in [-0.2, 0) is 4.74 Å². The van der Waals surface area contributed by atoms with Gasteiger partial charge in [0.1, 0.15) is 6.61 Å². The average Bonchev–Trinajstić information content (AvgIpc) is 2.62. The number of benzene rings is 2. The molecule has 1 atom stereocenters. The Hall–Kier alpha value is -2.53. The molecule has 0 aromatic heterocycles. The normalized spacial score (nSPS) is 11.6. The third kappa shape index (κ3) is 4.23. The van der Waals surface area contributed by atoms with Crippen molar-refractivity contribution in [3.05, 3.63) is 59.7 Å². The zero-order chi connectivity index (χ0) is 16.7. The van der Waals surface area contributed by atoms with Crippen LogP contribution in [-0.4, -0.2) is 38.5 Å². The molecule has 5 nitrogen and oxygen atoms in total. The molecule has 0 heterocycles. The standard InChI is InChI=1S/C18H20O5/c1-21-16-9-8-14(10-17(16)22-2)18(20)23-12-15(11-19)13-6-4-3-5-7-13/h3-10,15,19H,11-12H2,1-2H3. The summed E-state index contributed by atoms with van der Waals surface area (Å²) < 4.78 is 15.6. The van der Waals surface area contributed by atoms with Gasteiger partial charge in [-0.05, 0) is 23.8 Å². The SMILES string of the molecule is COc1ccc(C(=O)OCC(CO)c2ccccc2)cc1OC. The van der Waals surface area contributed by atoms with Crippen LogP contribution in [0.25, 0.3) is 0 Å². The Kier molecular flexibility index (Phi) is 6.00. The molecular formula is C18H20O5. The molecule has 5 heteroatoms. The zero-order valence-electron chi connectivity index (χ0n) is 13.2. The summed E-state index contributed by atoms with van der Waals surface area (Å²) in [4.78, 5) is 12.2. The van der Waals surface area contributed by atoms with Crippen LogP contribution in [0.15, 0.2) is 48.5 Å². The number of methoxy groups -OCH3 is 2. The van der Waals surface area contributed by atoms with Gasteiger partial charge in [-0.25, -0.2) is 4.79 Å². The first-order chi connectivity index (χ1) is 11.2. The molecule has 1 unspecified atom stereocenters. The molecule has 2 aromatic rings. The molecule has 0 aliphatic carbocycles. The minimum atomic E-state index is -0.472. The maximum absolute atomic E-state index is 12.2. The van der Waals surface area contributed by atoms with Crippen LogP contribution < -0.4 is 9.47 Å². The minimum Gasteiger partial charge on any atom is -0.493 e. The molecule has 2 aromatic carbocycles. The van der Waals surface area contributed by atoms with E-state index in [9.17, 15) is 9.90 Å². The zero-order valence-corrected chi connectivity index (χ0v) is 13.2. The van der Waals surface area contributed by atoms with Crippen molar-refractivity contribution in [2.75, 3.05) is 27.4 Å². The fourth-order valence-corrected chi connectivity index (χ4v) is 2.20. The lowest BCUT2D eigenvalue weighted by Gasteiger charge is -2.15. The second-order valence-electron chi connectivity index (χ2n) is 4.96. The third-order valence-corrected chi connectivity index (χ3v) is 3.53. The van der Waals surface area contributed by atoms with Crippen LogP contribution in [0.3, 0.4) is 0 Å². The number of carbonyl (C=O) groups is 1. The monoisotopic (exact) mass is 316 g/mol. The summed E-state index contributed by atoms with van der Waals surface area (Å²) in [6.07, 6.45) is 0. The van der Waals surface area contributed by atoms with E-state index in [2.05, 4.69) is 0 Å². The van der Waals surface area contributed by atoms with Crippen LogP contribution >= 0.6 is 0 Å². The Labute approximate surface area is 135 Å². The molecule has 0 aliphatic heterocycles. The number of aliphatic hydroxyl groups excluding tert-OH is 1. The second-order valence-corrected chi connectivity index (χ2v) is 4.96. The molecule has 0 fully saturated rings. The van der Waals surface area contributed by atoms with Gasteiger partial charge >= 0.3 is 5.97 Å². The molecule has 0 saturated carbocycles. The Morgan fingerprint density at radius 1 is 1.04 bits per heavy atom. The van der Waals surface area contributed by atoms with Crippen molar-refractivity contribution in [1.82, 2.24) is 0 Å². The number of ether oxygens (including phenoxy) is 3. The van der Waals surface area contributed by atoms with E-state index in [0.29, 0.717) is 17.1 Å². The average molecular weight is 316 g/mol. The van der Waals surface area contributed by atoms with Gasteiger partial charge in [-0.3, -0.25) is 0 Å². The van der Waals surface area contributed by atoms with Gasteiger partial charge in [0.15, 0.2) is 11.5 Å². The lowest BCUT2D eigenvalue weighted by Crippen LogP contribution is -2.16. The molecule has 0 bridgehead atoms. The number of hydrogen-bond donors (Lipinski definition) is 1. The minimum absolute atomic E-state index is 0.0940. The number of esters is 1. The van der Waals surface area contributed by atoms with Crippen LogP contribution in [0, 0.1) is 0 Å². The summed E-state index contributed by atoms with van der Waals surface area (Å²) in [6.45, 7) is 0.0108. The molecule has 1 N–H and O–H groups in total. The first kappa shape index (κ1) is 16.8. The van der Waals surface area contributed by atoms with E-state index in [4.69, 9.17) is 14.2 Å². The molecule has 0 amide bonds. The van der Waals surface area contributed by atoms with Gasteiger partial charge in [0, 0.05) is 5.92 Å². The number of rotatable bonds is 7. The largest absolute Gasteiger partial charge is 0.493 e. The highest BCUT2D eigenvalue weighted by atomic mass is 16.5. The van der Waals surface area contributed by atoms with E-state index >= 15 is 0 Å². The fourth-order valence-electron chi connectivity index (χ4n) is 2.20. The van der Waals surface area contributed by atoms with Crippen molar-refractivity contribution in [3.8, 4) is 11.5 Å². The molecule has 122 valence electrons. The lowest BCUT2D eigenvalue weighted by atomic mass is 10.0. The second kappa shape index (κ2) is 8.19. The van der Waals surface area contributed by atoms with Crippen LogP contribution in [0.2, 0.25) is 0 Å². The van der Waals surface area contributed by atoms with E-state index in [0.717, 1.165) is 5.56 Å². The van der Waals surface area contributed by atoms with Gasteiger partial charge in [-0.1, -0.05) is 30.3 Å². The van der Waals surface area contributed by atoms with Crippen molar-refractivity contribution in [1.29, 1.82) is 0 Å². The molecule has 23 heavy (non-hydrogen) atoms. The third-order valence-electron chi connectivity index (χ3n) is 3.53. The van der Waals surface area contributed by atoms with Crippen molar-refractivity contribution in [2.45, 2.75) is 5.92 Å². The molecule has 0 spiro atoms.